The number of halogens is 1. The van der Waals surface area contributed by atoms with E-state index < -0.39 is 10.0 Å². The van der Waals surface area contributed by atoms with E-state index >= 15 is 0 Å². The smallest absolute Gasteiger partial charge is 0.240 e. The fourth-order valence-electron chi connectivity index (χ4n) is 1.78. The van der Waals surface area contributed by atoms with Gasteiger partial charge in [-0.1, -0.05) is 11.6 Å². The number of thiophene rings is 1. The van der Waals surface area contributed by atoms with E-state index in [0.29, 0.717) is 15.6 Å². The van der Waals surface area contributed by atoms with Gasteiger partial charge in [0, 0.05) is 23.5 Å². The molecule has 1 heterocycles. The Morgan fingerprint density at radius 3 is 2.67 bits per heavy atom. The number of methoxy groups -OCH3 is 1. The van der Waals surface area contributed by atoms with Crippen molar-refractivity contribution in [3.63, 3.8) is 0 Å². The Labute approximate surface area is 132 Å². The third-order valence-corrected chi connectivity index (χ3v) is 5.48. The molecule has 5 nitrogen and oxygen atoms in total. The highest BCUT2D eigenvalue weighted by molar-refractivity contribution is 7.89. The predicted molar refractivity (Wildman–Crippen MR) is 84.2 cm³/mol. The van der Waals surface area contributed by atoms with Crippen molar-refractivity contribution in [3.05, 3.63) is 45.1 Å². The number of nitrogens with two attached hydrogens (primary N) is 1. The summed E-state index contributed by atoms with van der Waals surface area (Å²) in [6.07, 6.45) is 0. The molecule has 0 aliphatic rings. The highest BCUT2D eigenvalue weighted by Crippen LogP contribution is 2.24. The maximum Gasteiger partial charge on any atom is 0.240 e. The first-order chi connectivity index (χ1) is 9.96. The van der Waals surface area contributed by atoms with Crippen molar-refractivity contribution in [1.29, 1.82) is 0 Å². The molecule has 0 radical (unpaired) electrons. The monoisotopic (exact) mass is 346 g/mol. The number of hydrogen-bond acceptors (Lipinski definition) is 5. The van der Waals surface area contributed by atoms with Crippen molar-refractivity contribution in [2.24, 2.45) is 5.73 Å². The van der Waals surface area contributed by atoms with Gasteiger partial charge in [-0.25, -0.2) is 13.1 Å². The Morgan fingerprint density at radius 2 is 2.10 bits per heavy atom. The van der Waals surface area contributed by atoms with Gasteiger partial charge in [-0.05, 0) is 30.3 Å². The minimum atomic E-state index is -3.60. The molecule has 1 aromatic carbocycles. The summed E-state index contributed by atoms with van der Waals surface area (Å²) in [5.74, 6) is 0.571. The van der Waals surface area contributed by atoms with Crippen LogP contribution < -0.4 is 15.2 Å². The van der Waals surface area contributed by atoms with Crippen LogP contribution in [0.25, 0.3) is 0 Å². The van der Waals surface area contributed by atoms with Crippen molar-refractivity contribution >= 4 is 33.0 Å². The first kappa shape index (κ1) is 16.3. The van der Waals surface area contributed by atoms with Crippen molar-refractivity contribution in [3.8, 4) is 5.75 Å². The van der Waals surface area contributed by atoms with Gasteiger partial charge in [0.05, 0.1) is 16.3 Å². The molecule has 0 saturated carbocycles. The maximum absolute atomic E-state index is 12.3. The van der Waals surface area contributed by atoms with Crippen LogP contribution in [0.5, 0.6) is 5.75 Å². The zero-order valence-electron chi connectivity index (χ0n) is 11.3. The van der Waals surface area contributed by atoms with Gasteiger partial charge in [0.25, 0.3) is 0 Å². The molecule has 21 heavy (non-hydrogen) atoms. The summed E-state index contributed by atoms with van der Waals surface area (Å²) in [4.78, 5) is 1.00. The number of ether oxygens (including phenoxy) is 1. The molecule has 114 valence electrons. The number of benzene rings is 1. The van der Waals surface area contributed by atoms with Crippen LogP contribution in [0.15, 0.2) is 35.2 Å². The van der Waals surface area contributed by atoms with Gasteiger partial charge in [0.15, 0.2) is 0 Å². The van der Waals surface area contributed by atoms with E-state index in [1.54, 1.807) is 18.2 Å². The Morgan fingerprint density at radius 1 is 1.33 bits per heavy atom. The topological polar surface area (TPSA) is 81.4 Å². The molecule has 1 aromatic heterocycles. The largest absolute Gasteiger partial charge is 0.496 e. The first-order valence-electron chi connectivity index (χ1n) is 6.07. The molecular formula is C13H15ClN2O3S2. The lowest BCUT2D eigenvalue weighted by molar-refractivity contribution is 0.409. The number of nitrogens with one attached hydrogen (secondary N) is 1. The maximum atomic E-state index is 12.3. The summed E-state index contributed by atoms with van der Waals surface area (Å²) in [5.41, 5.74) is 6.24. The third-order valence-electron chi connectivity index (χ3n) is 2.85. The molecule has 2 aromatic rings. The standard InChI is InChI=1S/C13H15ClN2O3S2/c1-19-12-4-3-11(6-9(12)7-15)21(17,18)16-8-10-2-5-13(14)20-10/h2-6,16H,7-8,15H2,1H3. The van der Waals surface area contributed by atoms with Gasteiger partial charge in [-0.2, -0.15) is 0 Å². The Balaban J connectivity index is 2.19. The highest BCUT2D eigenvalue weighted by atomic mass is 35.5. The lowest BCUT2D eigenvalue weighted by atomic mass is 10.2. The quantitative estimate of drug-likeness (QED) is 0.841. The van der Waals surface area contributed by atoms with Crippen LogP contribution in [0.2, 0.25) is 4.34 Å². The van der Waals surface area contributed by atoms with E-state index in [4.69, 9.17) is 22.1 Å². The summed E-state index contributed by atoms with van der Waals surface area (Å²) < 4.78 is 32.8. The average molecular weight is 347 g/mol. The molecular weight excluding hydrogens is 332 g/mol. The number of rotatable bonds is 6. The molecule has 0 fully saturated rings. The van der Waals surface area contributed by atoms with E-state index in [1.807, 2.05) is 0 Å². The highest BCUT2D eigenvalue weighted by Gasteiger charge is 2.16. The summed E-state index contributed by atoms with van der Waals surface area (Å²) in [7, 11) is -2.09. The molecule has 0 atom stereocenters. The Bertz CT molecular complexity index is 729. The van der Waals surface area contributed by atoms with Gasteiger partial charge in [0.1, 0.15) is 5.75 Å². The zero-order valence-corrected chi connectivity index (χ0v) is 13.7. The second kappa shape index (κ2) is 6.76. The van der Waals surface area contributed by atoms with Gasteiger partial charge in [-0.3, -0.25) is 0 Å². The fourth-order valence-corrected chi connectivity index (χ4v) is 3.95. The predicted octanol–water partition coefficient (Wildman–Crippen LogP) is 2.35. The van der Waals surface area contributed by atoms with E-state index in [1.165, 1.54) is 30.6 Å². The molecule has 3 N–H and O–H groups in total. The van der Waals surface area contributed by atoms with Crippen molar-refractivity contribution in [2.45, 2.75) is 18.0 Å². The number of sulfonamides is 1. The molecule has 0 amide bonds. The Kier molecular flexibility index (Phi) is 5.23. The lowest BCUT2D eigenvalue weighted by Gasteiger charge is -2.10. The molecule has 0 bridgehead atoms. The van der Waals surface area contributed by atoms with Crippen LogP contribution in [-0.4, -0.2) is 15.5 Å². The summed E-state index contributed by atoms with van der Waals surface area (Å²) in [6.45, 7) is 0.400. The lowest BCUT2D eigenvalue weighted by Crippen LogP contribution is -2.23. The van der Waals surface area contributed by atoms with E-state index in [2.05, 4.69) is 4.72 Å². The molecule has 0 spiro atoms. The van der Waals surface area contributed by atoms with Crippen LogP contribution in [0.3, 0.4) is 0 Å². The van der Waals surface area contributed by atoms with Crippen LogP contribution in [0, 0.1) is 0 Å². The van der Waals surface area contributed by atoms with Gasteiger partial charge in [0.2, 0.25) is 10.0 Å². The van der Waals surface area contributed by atoms with Crippen molar-refractivity contribution in [1.82, 2.24) is 4.72 Å². The van der Waals surface area contributed by atoms with Crippen LogP contribution >= 0.6 is 22.9 Å². The summed E-state index contributed by atoms with van der Waals surface area (Å²) in [5, 5.41) is 0. The molecule has 0 saturated heterocycles. The third kappa shape index (κ3) is 3.96. The van der Waals surface area contributed by atoms with Gasteiger partial charge in [-0.15, -0.1) is 11.3 Å². The van der Waals surface area contributed by atoms with Crippen molar-refractivity contribution < 1.29 is 13.2 Å². The van der Waals surface area contributed by atoms with Gasteiger partial charge >= 0.3 is 0 Å². The zero-order chi connectivity index (χ0) is 15.5. The molecule has 2 rings (SSSR count). The fraction of sp³-hybridized carbons (Fsp3) is 0.231. The van der Waals surface area contributed by atoms with E-state index in [-0.39, 0.29) is 18.0 Å². The number of hydrogen-bond donors (Lipinski definition) is 2. The SMILES string of the molecule is COc1ccc(S(=O)(=O)NCc2ccc(Cl)s2)cc1CN. The van der Waals surface area contributed by atoms with E-state index in [9.17, 15) is 8.42 Å². The van der Waals surface area contributed by atoms with Crippen LogP contribution in [-0.2, 0) is 23.1 Å². The summed E-state index contributed by atoms with van der Waals surface area (Å²) >= 11 is 7.15. The van der Waals surface area contributed by atoms with Gasteiger partial charge < -0.3 is 10.5 Å². The van der Waals surface area contributed by atoms with Crippen LogP contribution in [0.1, 0.15) is 10.4 Å². The molecule has 0 unspecified atom stereocenters. The van der Waals surface area contributed by atoms with E-state index in [0.717, 1.165) is 4.88 Å². The summed E-state index contributed by atoms with van der Waals surface area (Å²) in [6, 6.07) is 8.12. The second-order valence-corrected chi connectivity index (χ2v) is 7.77. The second-order valence-electron chi connectivity index (χ2n) is 4.21. The average Bonchev–Trinajstić information content (AvgIpc) is 2.90. The first-order valence-corrected chi connectivity index (χ1v) is 8.75. The minimum Gasteiger partial charge on any atom is -0.496 e. The Hall–Kier alpha value is -1.12. The molecule has 8 heteroatoms. The van der Waals surface area contributed by atoms with Crippen molar-refractivity contribution in [2.75, 3.05) is 7.11 Å². The normalized spacial score (nSPS) is 11.6. The minimum absolute atomic E-state index is 0.159. The molecule has 0 aliphatic carbocycles. The van der Waals surface area contributed by atoms with Crippen LogP contribution in [0.4, 0.5) is 0 Å². The molecule has 0 aliphatic heterocycles.